The van der Waals surface area contributed by atoms with Crippen molar-refractivity contribution in [1.29, 1.82) is 0 Å². The van der Waals surface area contributed by atoms with E-state index in [1.165, 1.54) is 42.1 Å². The predicted octanol–water partition coefficient (Wildman–Crippen LogP) is 3.90. The Kier molecular flexibility index (Phi) is 5.71. The van der Waals surface area contributed by atoms with Gasteiger partial charge >= 0.3 is 5.97 Å². The topological polar surface area (TPSA) is 113 Å². The maximum absolute atomic E-state index is 12.1. The number of ether oxygens (including phenoxy) is 1. The van der Waals surface area contributed by atoms with Gasteiger partial charge in [0.1, 0.15) is 11.0 Å². The van der Waals surface area contributed by atoms with Gasteiger partial charge in [0.15, 0.2) is 0 Å². The number of nitrogens with zero attached hydrogens (tertiary/aromatic N) is 2. The molecule has 0 saturated heterocycles. The van der Waals surface area contributed by atoms with Crippen molar-refractivity contribution in [2.24, 2.45) is 0 Å². The molecule has 0 amide bonds. The Morgan fingerprint density at radius 3 is 2.24 bits per heavy atom. The van der Waals surface area contributed by atoms with Gasteiger partial charge in [-0.3, -0.25) is 25.0 Å². The van der Waals surface area contributed by atoms with Crippen molar-refractivity contribution in [3.8, 4) is 5.75 Å². The summed E-state index contributed by atoms with van der Waals surface area (Å²) in [5, 5.41) is 20.8. The number of carbonyl (C=O) groups is 1. The minimum atomic E-state index is -0.558. The molecule has 0 aliphatic carbocycles. The first-order chi connectivity index (χ1) is 11.8. The molecule has 0 radical (unpaired) electrons. The van der Waals surface area contributed by atoms with E-state index < -0.39 is 21.1 Å². The highest BCUT2D eigenvalue weighted by Gasteiger charge is 2.19. The number of nitro groups is 2. The first kappa shape index (κ1) is 18.4. The van der Waals surface area contributed by atoms with E-state index in [4.69, 9.17) is 4.74 Å². The number of thioether (sulfide) groups is 1. The average molecular weight is 362 g/mol. The highest BCUT2D eigenvalue weighted by Crippen LogP contribution is 2.28. The first-order valence-corrected chi connectivity index (χ1v) is 8.03. The lowest BCUT2D eigenvalue weighted by molar-refractivity contribution is -0.385. The van der Waals surface area contributed by atoms with Crippen LogP contribution in [0.15, 0.2) is 47.4 Å². The van der Waals surface area contributed by atoms with Crippen molar-refractivity contribution in [2.45, 2.75) is 24.0 Å². The summed E-state index contributed by atoms with van der Waals surface area (Å²) in [6.45, 7) is 3.21. The Hall–Kier alpha value is -2.94. The molecule has 0 N–H and O–H groups in total. The monoisotopic (exact) mass is 362 g/mol. The van der Waals surface area contributed by atoms with Gasteiger partial charge in [0, 0.05) is 28.7 Å². The van der Waals surface area contributed by atoms with Crippen molar-refractivity contribution in [3.63, 3.8) is 0 Å². The van der Waals surface area contributed by atoms with Crippen LogP contribution in [-0.2, 0) is 4.79 Å². The summed E-state index contributed by atoms with van der Waals surface area (Å²) in [5.74, 6) is -0.291. The molecule has 25 heavy (non-hydrogen) atoms. The quantitative estimate of drug-likeness (QED) is 0.252. The second-order valence-electron chi connectivity index (χ2n) is 5.14. The van der Waals surface area contributed by atoms with E-state index in [0.29, 0.717) is 10.5 Å². The molecule has 2 aromatic rings. The van der Waals surface area contributed by atoms with Gasteiger partial charge in [-0.25, -0.2) is 0 Å². The van der Waals surface area contributed by atoms with Crippen LogP contribution in [0.3, 0.4) is 0 Å². The van der Waals surface area contributed by atoms with Crippen molar-refractivity contribution < 1.29 is 19.4 Å². The fraction of sp³-hybridized carbons (Fsp3) is 0.188. The van der Waals surface area contributed by atoms with E-state index in [-0.39, 0.29) is 17.1 Å². The van der Waals surface area contributed by atoms with E-state index in [1.54, 1.807) is 26.0 Å². The Labute approximate surface area is 147 Å². The summed E-state index contributed by atoms with van der Waals surface area (Å²) >= 11 is 1.20. The first-order valence-electron chi connectivity index (χ1n) is 7.16. The maximum Gasteiger partial charge on any atom is 0.324 e. The van der Waals surface area contributed by atoms with Crippen molar-refractivity contribution in [2.75, 3.05) is 0 Å². The zero-order valence-electron chi connectivity index (χ0n) is 13.4. The number of esters is 1. The number of rotatable bonds is 6. The molecule has 2 aromatic carbocycles. The van der Waals surface area contributed by atoms with E-state index >= 15 is 0 Å². The molecule has 1 unspecified atom stereocenters. The molecular formula is C16H14N2O6S. The number of aryl methyl sites for hydroxylation is 1. The molecule has 0 fully saturated rings. The van der Waals surface area contributed by atoms with Crippen LogP contribution in [0.4, 0.5) is 11.4 Å². The Morgan fingerprint density at radius 2 is 1.72 bits per heavy atom. The standard InChI is InChI=1S/C16H14N2O6S/c1-10-9-13(5-8-15(10)18(22)23)24-16(19)11(2)25-14-6-3-12(4-7-14)17(20)21/h3-9,11H,1-2H3. The minimum absolute atomic E-state index is 0.0269. The van der Waals surface area contributed by atoms with Gasteiger partial charge in [-0.05, 0) is 38.1 Å². The summed E-state index contributed by atoms with van der Waals surface area (Å²) in [5.41, 5.74) is 0.319. The Bertz CT molecular complexity index is 822. The number of carbonyl (C=O) groups excluding carboxylic acids is 1. The van der Waals surface area contributed by atoms with Crippen LogP contribution in [0.2, 0.25) is 0 Å². The molecule has 130 valence electrons. The summed E-state index contributed by atoms with van der Waals surface area (Å²) < 4.78 is 5.24. The van der Waals surface area contributed by atoms with Gasteiger partial charge in [-0.1, -0.05) is 0 Å². The van der Waals surface area contributed by atoms with Crippen LogP contribution in [0.25, 0.3) is 0 Å². The molecule has 0 bridgehead atoms. The molecule has 0 aliphatic heterocycles. The molecule has 0 aromatic heterocycles. The maximum atomic E-state index is 12.1. The lowest BCUT2D eigenvalue weighted by atomic mass is 10.2. The zero-order chi connectivity index (χ0) is 18.6. The fourth-order valence-corrected chi connectivity index (χ4v) is 2.84. The van der Waals surface area contributed by atoms with E-state index in [1.807, 2.05) is 0 Å². The van der Waals surface area contributed by atoms with Crippen molar-refractivity contribution in [1.82, 2.24) is 0 Å². The number of benzene rings is 2. The van der Waals surface area contributed by atoms with E-state index in [0.717, 1.165) is 0 Å². The molecule has 1 atom stereocenters. The highest BCUT2D eigenvalue weighted by atomic mass is 32.2. The number of hydrogen-bond donors (Lipinski definition) is 0. The lowest BCUT2D eigenvalue weighted by Gasteiger charge is -2.11. The SMILES string of the molecule is Cc1cc(OC(=O)C(C)Sc2ccc([N+](=O)[O-])cc2)ccc1[N+](=O)[O-]. The van der Waals surface area contributed by atoms with Crippen molar-refractivity contribution in [3.05, 3.63) is 68.3 Å². The Balaban J connectivity index is 2.01. The average Bonchev–Trinajstić information content (AvgIpc) is 2.55. The number of nitro benzene ring substituents is 2. The second kappa shape index (κ2) is 7.75. The summed E-state index contributed by atoms with van der Waals surface area (Å²) in [7, 11) is 0. The molecular weight excluding hydrogens is 348 g/mol. The number of hydrogen-bond acceptors (Lipinski definition) is 7. The molecule has 9 heteroatoms. The minimum Gasteiger partial charge on any atom is -0.426 e. The van der Waals surface area contributed by atoms with E-state index in [9.17, 15) is 25.0 Å². The normalized spacial score (nSPS) is 11.6. The number of non-ortho nitro benzene ring substituents is 1. The zero-order valence-corrected chi connectivity index (χ0v) is 14.2. The molecule has 0 heterocycles. The fourth-order valence-electron chi connectivity index (χ4n) is 1.99. The smallest absolute Gasteiger partial charge is 0.324 e. The second-order valence-corrected chi connectivity index (χ2v) is 6.55. The van der Waals surface area contributed by atoms with Crippen LogP contribution in [0, 0.1) is 27.2 Å². The third kappa shape index (κ3) is 4.77. The summed E-state index contributed by atoms with van der Waals surface area (Å²) in [4.78, 5) is 33.2. The van der Waals surface area contributed by atoms with Crippen LogP contribution >= 0.6 is 11.8 Å². The largest absolute Gasteiger partial charge is 0.426 e. The molecule has 0 aliphatic rings. The van der Waals surface area contributed by atoms with Crippen LogP contribution in [0.1, 0.15) is 12.5 Å². The summed E-state index contributed by atoms with van der Waals surface area (Å²) in [6, 6.07) is 9.92. The molecule has 0 saturated carbocycles. The van der Waals surface area contributed by atoms with Crippen molar-refractivity contribution >= 4 is 29.1 Å². The van der Waals surface area contributed by atoms with Crippen LogP contribution in [-0.4, -0.2) is 21.1 Å². The molecule has 8 nitrogen and oxygen atoms in total. The third-order valence-corrected chi connectivity index (χ3v) is 4.37. The van der Waals surface area contributed by atoms with Gasteiger partial charge in [-0.15, -0.1) is 11.8 Å². The van der Waals surface area contributed by atoms with Gasteiger partial charge < -0.3 is 4.74 Å². The van der Waals surface area contributed by atoms with Crippen LogP contribution in [0.5, 0.6) is 5.75 Å². The highest BCUT2D eigenvalue weighted by molar-refractivity contribution is 8.00. The third-order valence-electron chi connectivity index (χ3n) is 3.28. The van der Waals surface area contributed by atoms with E-state index in [2.05, 4.69) is 0 Å². The lowest BCUT2D eigenvalue weighted by Crippen LogP contribution is -2.19. The van der Waals surface area contributed by atoms with Crippen LogP contribution < -0.4 is 4.74 Å². The van der Waals surface area contributed by atoms with Gasteiger partial charge in [0.2, 0.25) is 0 Å². The van der Waals surface area contributed by atoms with Gasteiger partial charge in [-0.2, -0.15) is 0 Å². The van der Waals surface area contributed by atoms with Gasteiger partial charge in [0.25, 0.3) is 11.4 Å². The van der Waals surface area contributed by atoms with Gasteiger partial charge in [0.05, 0.1) is 9.85 Å². The molecule has 2 rings (SSSR count). The predicted molar refractivity (Wildman–Crippen MR) is 91.9 cm³/mol. The Morgan fingerprint density at radius 1 is 1.08 bits per heavy atom. The molecule has 0 spiro atoms. The summed E-state index contributed by atoms with van der Waals surface area (Å²) in [6.07, 6.45) is 0.